The molecule has 1 unspecified atom stereocenters. The Morgan fingerprint density at radius 1 is 1.28 bits per heavy atom. The van der Waals surface area contributed by atoms with Crippen molar-refractivity contribution in [3.63, 3.8) is 0 Å². The Morgan fingerprint density at radius 2 is 2.00 bits per heavy atom. The molecule has 2 N–H and O–H groups in total. The number of hydrogen-bond donors (Lipinski definition) is 1. The van der Waals surface area contributed by atoms with Gasteiger partial charge in [-0.1, -0.05) is 0 Å². The first-order valence-electron chi connectivity index (χ1n) is 8.90. The van der Waals surface area contributed by atoms with Gasteiger partial charge in [0.2, 0.25) is 17.8 Å². The Bertz CT molecular complexity index is 636. The lowest BCUT2D eigenvalue weighted by Crippen LogP contribution is -2.53. The van der Waals surface area contributed by atoms with Crippen LogP contribution in [0, 0.1) is 12.8 Å². The molecule has 8 heteroatoms. The van der Waals surface area contributed by atoms with E-state index in [1.165, 1.54) is 0 Å². The van der Waals surface area contributed by atoms with Crippen LogP contribution in [0.15, 0.2) is 6.07 Å². The molecule has 0 spiro atoms. The summed E-state index contributed by atoms with van der Waals surface area (Å²) in [4.78, 5) is 38.8. The van der Waals surface area contributed by atoms with Crippen LogP contribution in [0.2, 0.25) is 0 Å². The lowest BCUT2D eigenvalue weighted by Gasteiger charge is -2.39. The van der Waals surface area contributed by atoms with Crippen molar-refractivity contribution in [2.45, 2.75) is 26.7 Å². The summed E-state index contributed by atoms with van der Waals surface area (Å²) in [6, 6.07) is 1.92. The monoisotopic (exact) mass is 346 g/mol. The average Bonchev–Trinajstić information content (AvgIpc) is 2.61. The fourth-order valence-electron chi connectivity index (χ4n) is 3.57. The van der Waals surface area contributed by atoms with E-state index >= 15 is 0 Å². The Morgan fingerprint density at radius 3 is 2.64 bits per heavy atom. The largest absolute Gasteiger partial charge is 0.368 e. The number of likely N-dealkylation sites (tertiary alicyclic amines) is 1. The van der Waals surface area contributed by atoms with Crippen LogP contribution in [0.25, 0.3) is 0 Å². The third-order valence-electron chi connectivity index (χ3n) is 5.00. The zero-order chi connectivity index (χ0) is 18.0. The fraction of sp³-hybridized carbons (Fsp3) is 0.647. The normalized spacial score (nSPS) is 21.6. The second-order valence-electron chi connectivity index (χ2n) is 6.71. The summed E-state index contributed by atoms with van der Waals surface area (Å²) in [5.74, 6) is 1.36. The fourth-order valence-corrected chi connectivity index (χ4v) is 3.57. The van der Waals surface area contributed by atoms with Gasteiger partial charge in [-0.05, 0) is 20.3 Å². The number of piperidine rings is 1. The molecule has 2 fully saturated rings. The van der Waals surface area contributed by atoms with E-state index in [0.717, 1.165) is 24.6 Å². The minimum absolute atomic E-state index is 0.0684. The molecule has 1 atom stereocenters. The van der Waals surface area contributed by atoms with E-state index in [4.69, 9.17) is 5.73 Å². The van der Waals surface area contributed by atoms with Gasteiger partial charge in [-0.15, -0.1) is 0 Å². The zero-order valence-electron chi connectivity index (χ0n) is 14.9. The SMILES string of the molecule is CCN1CC(C(=O)N2CCN(c3cc(C)nc(N)n3)CC2)CCC1=O. The van der Waals surface area contributed by atoms with E-state index in [0.29, 0.717) is 39.0 Å². The molecule has 3 heterocycles. The predicted octanol–water partition coefficient (Wildman–Crippen LogP) is 0.274. The minimum atomic E-state index is -0.0684. The Labute approximate surface area is 148 Å². The molecular formula is C17H26N6O2. The molecule has 0 bridgehead atoms. The number of amides is 2. The summed E-state index contributed by atoms with van der Waals surface area (Å²) in [7, 11) is 0. The standard InChI is InChI=1S/C17H26N6O2/c1-3-21-11-13(4-5-15(21)24)16(25)23-8-6-22(7-9-23)14-10-12(2)19-17(18)20-14/h10,13H,3-9,11H2,1-2H3,(H2,18,19,20). The van der Waals surface area contributed by atoms with E-state index in [9.17, 15) is 9.59 Å². The zero-order valence-corrected chi connectivity index (χ0v) is 14.9. The van der Waals surface area contributed by atoms with E-state index in [-0.39, 0.29) is 23.7 Å². The number of aromatic nitrogens is 2. The number of piperazine rings is 1. The van der Waals surface area contributed by atoms with E-state index in [1.807, 2.05) is 24.8 Å². The number of anilines is 2. The molecule has 8 nitrogen and oxygen atoms in total. The molecule has 3 rings (SSSR count). The average molecular weight is 346 g/mol. The van der Waals surface area contributed by atoms with Crippen molar-refractivity contribution < 1.29 is 9.59 Å². The minimum Gasteiger partial charge on any atom is -0.368 e. The molecule has 0 saturated carbocycles. The molecule has 136 valence electrons. The van der Waals surface area contributed by atoms with Crippen LogP contribution in [0.3, 0.4) is 0 Å². The number of nitrogen functional groups attached to an aromatic ring is 1. The van der Waals surface area contributed by atoms with Gasteiger partial charge in [0, 0.05) is 57.4 Å². The summed E-state index contributed by atoms with van der Waals surface area (Å²) in [5, 5.41) is 0. The lowest BCUT2D eigenvalue weighted by molar-refractivity contribution is -0.143. The van der Waals surface area contributed by atoms with Gasteiger partial charge in [0.25, 0.3) is 0 Å². The summed E-state index contributed by atoms with van der Waals surface area (Å²) in [6.07, 6.45) is 1.14. The number of nitrogens with zero attached hydrogens (tertiary/aromatic N) is 5. The van der Waals surface area contributed by atoms with Gasteiger partial charge >= 0.3 is 0 Å². The molecular weight excluding hydrogens is 320 g/mol. The molecule has 2 aliphatic rings. The molecule has 1 aromatic heterocycles. The molecule has 1 aromatic rings. The Kier molecular flexibility index (Phi) is 5.06. The van der Waals surface area contributed by atoms with Crippen molar-refractivity contribution in [1.82, 2.24) is 19.8 Å². The van der Waals surface area contributed by atoms with E-state index < -0.39 is 0 Å². The van der Waals surface area contributed by atoms with Gasteiger partial charge in [0.1, 0.15) is 5.82 Å². The van der Waals surface area contributed by atoms with Gasteiger partial charge < -0.3 is 20.4 Å². The highest BCUT2D eigenvalue weighted by Gasteiger charge is 2.33. The van der Waals surface area contributed by atoms with Crippen LogP contribution in [0.4, 0.5) is 11.8 Å². The topological polar surface area (TPSA) is 95.7 Å². The van der Waals surface area contributed by atoms with Crippen molar-refractivity contribution in [3.8, 4) is 0 Å². The number of hydrogen-bond acceptors (Lipinski definition) is 6. The lowest BCUT2D eigenvalue weighted by atomic mass is 9.95. The van der Waals surface area contributed by atoms with Crippen molar-refractivity contribution in [1.29, 1.82) is 0 Å². The van der Waals surface area contributed by atoms with Crippen LogP contribution in [0.1, 0.15) is 25.5 Å². The first-order valence-corrected chi connectivity index (χ1v) is 8.90. The second-order valence-corrected chi connectivity index (χ2v) is 6.71. The van der Waals surface area contributed by atoms with E-state index in [1.54, 1.807) is 4.90 Å². The first-order chi connectivity index (χ1) is 12.0. The molecule has 0 aromatic carbocycles. The maximum atomic E-state index is 12.8. The van der Waals surface area contributed by atoms with Crippen LogP contribution in [-0.2, 0) is 9.59 Å². The number of carbonyl (C=O) groups is 2. The number of carbonyl (C=O) groups excluding carboxylic acids is 2. The van der Waals surface area contributed by atoms with Crippen molar-refractivity contribution in [3.05, 3.63) is 11.8 Å². The summed E-state index contributed by atoms with van der Waals surface area (Å²) in [6.45, 7) is 7.86. The summed E-state index contributed by atoms with van der Waals surface area (Å²) >= 11 is 0. The summed E-state index contributed by atoms with van der Waals surface area (Å²) in [5.41, 5.74) is 6.57. The molecule has 2 saturated heterocycles. The highest BCUT2D eigenvalue weighted by Crippen LogP contribution is 2.22. The number of nitrogens with two attached hydrogens (primary N) is 1. The molecule has 2 amide bonds. The van der Waals surface area contributed by atoms with Gasteiger partial charge in [0.05, 0.1) is 5.92 Å². The van der Waals surface area contributed by atoms with E-state index in [2.05, 4.69) is 14.9 Å². The quantitative estimate of drug-likeness (QED) is 0.844. The Hall–Kier alpha value is -2.38. The first kappa shape index (κ1) is 17.4. The van der Waals surface area contributed by atoms with Gasteiger partial charge in [0.15, 0.2) is 0 Å². The Balaban J connectivity index is 1.58. The highest BCUT2D eigenvalue weighted by atomic mass is 16.2. The maximum Gasteiger partial charge on any atom is 0.227 e. The van der Waals surface area contributed by atoms with Crippen molar-refractivity contribution in [2.75, 3.05) is 49.9 Å². The van der Waals surface area contributed by atoms with Crippen molar-refractivity contribution >= 4 is 23.6 Å². The van der Waals surface area contributed by atoms with Crippen LogP contribution < -0.4 is 10.6 Å². The van der Waals surface area contributed by atoms with Crippen LogP contribution in [0.5, 0.6) is 0 Å². The molecule has 25 heavy (non-hydrogen) atoms. The number of aryl methyl sites for hydroxylation is 1. The van der Waals surface area contributed by atoms with Gasteiger partial charge in [-0.3, -0.25) is 9.59 Å². The summed E-state index contributed by atoms with van der Waals surface area (Å²) < 4.78 is 0. The van der Waals surface area contributed by atoms with Crippen LogP contribution in [-0.4, -0.2) is 70.9 Å². The number of rotatable bonds is 3. The van der Waals surface area contributed by atoms with Gasteiger partial charge in [-0.25, -0.2) is 4.98 Å². The molecule has 0 aliphatic carbocycles. The van der Waals surface area contributed by atoms with Crippen LogP contribution >= 0.6 is 0 Å². The second kappa shape index (κ2) is 7.25. The van der Waals surface area contributed by atoms with Gasteiger partial charge in [-0.2, -0.15) is 4.98 Å². The predicted molar refractivity (Wildman–Crippen MR) is 95.0 cm³/mol. The molecule has 2 aliphatic heterocycles. The third kappa shape index (κ3) is 3.83. The molecule has 0 radical (unpaired) electrons. The maximum absolute atomic E-state index is 12.8. The van der Waals surface area contributed by atoms with Crippen molar-refractivity contribution in [2.24, 2.45) is 5.92 Å². The highest BCUT2D eigenvalue weighted by molar-refractivity contribution is 5.84. The smallest absolute Gasteiger partial charge is 0.227 e. The third-order valence-corrected chi connectivity index (χ3v) is 5.00.